The lowest BCUT2D eigenvalue weighted by Gasteiger charge is -2.37. The van der Waals surface area contributed by atoms with Gasteiger partial charge in [0.05, 0.1) is 0 Å². The summed E-state index contributed by atoms with van der Waals surface area (Å²) < 4.78 is 0. The van der Waals surface area contributed by atoms with Crippen LogP contribution in [0, 0.1) is 5.92 Å². The Kier molecular flexibility index (Phi) is 6.33. The first kappa shape index (κ1) is 17.1. The van der Waals surface area contributed by atoms with Gasteiger partial charge in [0.25, 0.3) is 0 Å². The molecule has 0 atom stereocenters. The van der Waals surface area contributed by atoms with Crippen molar-refractivity contribution in [2.24, 2.45) is 10.9 Å². The fourth-order valence-corrected chi connectivity index (χ4v) is 3.91. The van der Waals surface area contributed by atoms with Crippen molar-refractivity contribution < 1.29 is 0 Å². The third-order valence-corrected chi connectivity index (χ3v) is 5.31. The zero-order chi connectivity index (χ0) is 16.6. The van der Waals surface area contributed by atoms with Crippen molar-refractivity contribution in [2.75, 3.05) is 44.7 Å². The molecule has 2 aliphatic rings. The predicted octanol–water partition coefficient (Wildman–Crippen LogP) is 2.75. The Morgan fingerprint density at radius 3 is 2.67 bits per heavy atom. The number of pyridine rings is 1. The van der Waals surface area contributed by atoms with E-state index >= 15 is 0 Å². The molecular formula is C19H31N5. The van der Waals surface area contributed by atoms with E-state index in [0.29, 0.717) is 0 Å². The Balaban J connectivity index is 1.39. The van der Waals surface area contributed by atoms with Crippen molar-refractivity contribution in [3.05, 3.63) is 24.4 Å². The fraction of sp³-hybridized carbons (Fsp3) is 0.684. The van der Waals surface area contributed by atoms with Crippen LogP contribution in [0.1, 0.15) is 38.5 Å². The van der Waals surface area contributed by atoms with Crippen LogP contribution in [0.2, 0.25) is 0 Å². The Labute approximate surface area is 146 Å². The molecule has 5 nitrogen and oxygen atoms in total. The van der Waals surface area contributed by atoms with Crippen LogP contribution >= 0.6 is 0 Å². The Morgan fingerprint density at radius 1 is 1.21 bits per heavy atom. The summed E-state index contributed by atoms with van der Waals surface area (Å²) in [7, 11) is 1.89. The second-order valence-corrected chi connectivity index (χ2v) is 6.93. The van der Waals surface area contributed by atoms with Gasteiger partial charge in [-0.05, 0) is 30.9 Å². The van der Waals surface area contributed by atoms with Crippen molar-refractivity contribution in [3.8, 4) is 0 Å². The molecule has 1 saturated carbocycles. The van der Waals surface area contributed by atoms with E-state index in [2.05, 4.69) is 37.2 Å². The predicted molar refractivity (Wildman–Crippen MR) is 101 cm³/mol. The average Bonchev–Trinajstić information content (AvgIpc) is 3.16. The number of anilines is 1. The lowest BCUT2D eigenvalue weighted by Crippen LogP contribution is -2.52. The number of nitrogens with zero attached hydrogens (tertiary/aromatic N) is 4. The maximum absolute atomic E-state index is 4.48. The van der Waals surface area contributed by atoms with Crippen LogP contribution in [0.25, 0.3) is 0 Å². The van der Waals surface area contributed by atoms with Gasteiger partial charge in [-0.2, -0.15) is 0 Å². The second kappa shape index (κ2) is 8.90. The largest absolute Gasteiger partial charge is 0.356 e. The Bertz CT molecular complexity index is 502. The number of hydrogen-bond acceptors (Lipinski definition) is 3. The summed E-state index contributed by atoms with van der Waals surface area (Å²) in [6.07, 6.45) is 10.3. The van der Waals surface area contributed by atoms with Crippen LogP contribution in [-0.4, -0.2) is 55.6 Å². The highest BCUT2D eigenvalue weighted by Gasteiger charge is 2.20. The molecule has 0 radical (unpaired) electrons. The molecule has 0 spiro atoms. The van der Waals surface area contributed by atoms with Crippen molar-refractivity contribution in [1.82, 2.24) is 15.2 Å². The van der Waals surface area contributed by atoms with E-state index in [9.17, 15) is 0 Å². The summed E-state index contributed by atoms with van der Waals surface area (Å²) in [6, 6.07) is 6.11. The molecule has 0 amide bonds. The van der Waals surface area contributed by atoms with E-state index in [1.807, 2.05) is 19.3 Å². The van der Waals surface area contributed by atoms with Crippen LogP contribution in [0.5, 0.6) is 0 Å². The standard InChI is InChI=1S/C19H31N5/c1-20-19(22-12-6-9-17-7-2-3-8-17)24-15-13-23(14-16-24)18-10-4-5-11-21-18/h4-5,10-11,17H,2-3,6-9,12-16H2,1H3,(H,20,22). The van der Waals surface area contributed by atoms with Crippen molar-refractivity contribution in [3.63, 3.8) is 0 Å². The van der Waals surface area contributed by atoms with Crippen molar-refractivity contribution in [2.45, 2.75) is 38.5 Å². The normalized spacial score (nSPS) is 19.8. The molecule has 1 aliphatic carbocycles. The van der Waals surface area contributed by atoms with Crippen LogP contribution < -0.4 is 10.2 Å². The molecule has 24 heavy (non-hydrogen) atoms. The highest BCUT2D eigenvalue weighted by atomic mass is 15.4. The number of aliphatic imine (C=N–C) groups is 1. The Hall–Kier alpha value is -1.78. The van der Waals surface area contributed by atoms with E-state index < -0.39 is 0 Å². The van der Waals surface area contributed by atoms with Gasteiger partial charge in [-0.15, -0.1) is 0 Å². The van der Waals surface area contributed by atoms with E-state index in [0.717, 1.165) is 50.4 Å². The minimum atomic E-state index is 0.982. The summed E-state index contributed by atoms with van der Waals surface area (Å²) in [5.41, 5.74) is 0. The topological polar surface area (TPSA) is 43.8 Å². The quantitative estimate of drug-likeness (QED) is 0.512. The minimum Gasteiger partial charge on any atom is -0.356 e. The third-order valence-electron chi connectivity index (χ3n) is 5.31. The molecule has 2 heterocycles. The molecule has 3 rings (SSSR count). The van der Waals surface area contributed by atoms with Gasteiger partial charge in [0.1, 0.15) is 5.82 Å². The minimum absolute atomic E-state index is 0.982. The van der Waals surface area contributed by atoms with Gasteiger partial charge >= 0.3 is 0 Å². The molecule has 0 bridgehead atoms. The second-order valence-electron chi connectivity index (χ2n) is 6.93. The van der Waals surface area contributed by atoms with Crippen LogP contribution in [-0.2, 0) is 0 Å². The van der Waals surface area contributed by atoms with Gasteiger partial charge in [0, 0.05) is 46.0 Å². The molecule has 1 aromatic rings. The summed E-state index contributed by atoms with van der Waals surface area (Å²) in [5, 5.41) is 3.56. The van der Waals surface area contributed by atoms with Gasteiger partial charge in [-0.3, -0.25) is 4.99 Å². The van der Waals surface area contributed by atoms with Crippen LogP contribution in [0.15, 0.2) is 29.4 Å². The maximum atomic E-state index is 4.48. The molecule has 1 aliphatic heterocycles. The zero-order valence-corrected chi connectivity index (χ0v) is 15.0. The molecule has 1 saturated heterocycles. The molecule has 132 valence electrons. The summed E-state index contributed by atoms with van der Waals surface area (Å²) in [6.45, 7) is 5.04. The number of nitrogens with one attached hydrogen (secondary N) is 1. The van der Waals surface area contributed by atoms with Crippen LogP contribution in [0.3, 0.4) is 0 Å². The first-order valence-corrected chi connectivity index (χ1v) is 9.48. The average molecular weight is 329 g/mol. The third kappa shape index (κ3) is 4.62. The molecule has 5 heteroatoms. The molecule has 2 fully saturated rings. The SMILES string of the molecule is CN=C(NCCCC1CCCC1)N1CCN(c2ccccn2)CC1. The molecular weight excluding hydrogens is 298 g/mol. The molecule has 0 aromatic carbocycles. The monoisotopic (exact) mass is 329 g/mol. The molecule has 1 N–H and O–H groups in total. The van der Waals surface area contributed by atoms with Gasteiger partial charge in [-0.25, -0.2) is 4.98 Å². The number of piperazine rings is 1. The highest BCUT2D eigenvalue weighted by Crippen LogP contribution is 2.28. The van der Waals surface area contributed by atoms with Gasteiger partial charge in [0.2, 0.25) is 0 Å². The zero-order valence-electron chi connectivity index (χ0n) is 15.0. The smallest absolute Gasteiger partial charge is 0.193 e. The molecule has 1 aromatic heterocycles. The van der Waals surface area contributed by atoms with E-state index in [1.165, 1.54) is 38.5 Å². The lowest BCUT2D eigenvalue weighted by molar-refractivity contribution is 0.370. The number of rotatable bonds is 5. The van der Waals surface area contributed by atoms with E-state index in [4.69, 9.17) is 0 Å². The summed E-state index contributed by atoms with van der Waals surface area (Å²) in [4.78, 5) is 13.6. The van der Waals surface area contributed by atoms with Crippen molar-refractivity contribution >= 4 is 11.8 Å². The fourth-order valence-electron chi connectivity index (χ4n) is 3.91. The lowest BCUT2D eigenvalue weighted by atomic mass is 10.0. The van der Waals surface area contributed by atoms with E-state index in [-0.39, 0.29) is 0 Å². The maximum Gasteiger partial charge on any atom is 0.193 e. The number of aromatic nitrogens is 1. The first-order valence-electron chi connectivity index (χ1n) is 9.48. The highest BCUT2D eigenvalue weighted by molar-refractivity contribution is 5.80. The van der Waals surface area contributed by atoms with Gasteiger partial charge in [0.15, 0.2) is 5.96 Å². The Morgan fingerprint density at radius 2 is 2.00 bits per heavy atom. The van der Waals surface area contributed by atoms with Crippen molar-refractivity contribution in [1.29, 1.82) is 0 Å². The number of guanidine groups is 1. The van der Waals surface area contributed by atoms with Gasteiger partial charge < -0.3 is 15.1 Å². The first-order chi connectivity index (χ1) is 11.9. The summed E-state index contributed by atoms with van der Waals surface area (Å²) in [5.74, 6) is 3.12. The number of hydrogen-bond donors (Lipinski definition) is 1. The van der Waals surface area contributed by atoms with Crippen LogP contribution in [0.4, 0.5) is 5.82 Å². The van der Waals surface area contributed by atoms with Gasteiger partial charge in [-0.1, -0.05) is 31.7 Å². The van der Waals surface area contributed by atoms with E-state index in [1.54, 1.807) is 0 Å². The molecule has 0 unspecified atom stereocenters. The summed E-state index contributed by atoms with van der Waals surface area (Å²) >= 11 is 0.